The first kappa shape index (κ1) is 20.2. The summed E-state index contributed by atoms with van der Waals surface area (Å²) < 4.78 is 21.1. The summed E-state index contributed by atoms with van der Waals surface area (Å²) in [6.45, 7) is 2.00. The molecule has 0 aliphatic carbocycles. The van der Waals surface area contributed by atoms with Gasteiger partial charge in [-0.2, -0.15) is 5.26 Å². The Hall–Kier alpha value is -3.57. The van der Waals surface area contributed by atoms with E-state index in [9.17, 15) is 10.1 Å². The maximum Gasteiger partial charge on any atom is 0.373 e. The largest absolute Gasteiger partial charge is 0.493 e. The molecule has 0 fully saturated rings. The maximum absolute atomic E-state index is 11.4. The number of esters is 1. The van der Waals surface area contributed by atoms with Gasteiger partial charge in [0.15, 0.2) is 11.5 Å². The number of benzene rings is 1. The number of methoxy groups -OCH3 is 2. The summed E-state index contributed by atoms with van der Waals surface area (Å²) in [6, 6.07) is 10.7. The zero-order valence-corrected chi connectivity index (χ0v) is 16.9. The van der Waals surface area contributed by atoms with Crippen molar-refractivity contribution in [2.24, 2.45) is 0 Å². The lowest BCUT2D eigenvalue weighted by molar-refractivity contribution is 0.0561. The van der Waals surface area contributed by atoms with Gasteiger partial charge in [0.2, 0.25) is 5.76 Å². The fourth-order valence-corrected chi connectivity index (χ4v) is 3.26. The minimum atomic E-state index is -0.548. The summed E-state index contributed by atoms with van der Waals surface area (Å²) in [4.78, 5) is 15.8. The minimum Gasteiger partial charge on any atom is -0.493 e. The van der Waals surface area contributed by atoms with Crippen molar-refractivity contribution in [1.29, 1.82) is 5.26 Å². The van der Waals surface area contributed by atoms with Crippen LogP contribution in [0.25, 0.3) is 11.6 Å². The normalized spacial score (nSPS) is 11.0. The summed E-state index contributed by atoms with van der Waals surface area (Å²) in [6.07, 6.45) is 1.75. The second kappa shape index (κ2) is 9.08. The first-order valence-corrected chi connectivity index (χ1v) is 9.44. The number of aromatic nitrogens is 1. The van der Waals surface area contributed by atoms with Crippen molar-refractivity contribution < 1.29 is 23.4 Å². The number of hydrogen-bond acceptors (Lipinski definition) is 8. The number of carbonyl (C=O) groups excluding carboxylic acids is 1. The van der Waals surface area contributed by atoms with Gasteiger partial charge in [0.05, 0.1) is 19.8 Å². The predicted octanol–water partition coefficient (Wildman–Crippen LogP) is 4.48. The molecule has 0 aliphatic rings. The number of allylic oxidation sites excluding steroid dienone is 1. The van der Waals surface area contributed by atoms with Crippen LogP contribution in [-0.2, 0) is 11.3 Å². The summed E-state index contributed by atoms with van der Waals surface area (Å²) >= 11 is 1.42. The van der Waals surface area contributed by atoms with Crippen molar-refractivity contribution >= 4 is 29.0 Å². The lowest BCUT2D eigenvalue weighted by Gasteiger charge is -2.10. The van der Waals surface area contributed by atoms with E-state index < -0.39 is 5.97 Å². The smallest absolute Gasteiger partial charge is 0.373 e. The number of nitrogens with zero attached hydrogens (tertiary/aromatic N) is 2. The zero-order valence-electron chi connectivity index (χ0n) is 16.1. The topological polar surface area (TPSA) is 94.6 Å². The zero-order chi connectivity index (χ0) is 20.8. The van der Waals surface area contributed by atoms with Crippen molar-refractivity contribution in [1.82, 2.24) is 4.98 Å². The van der Waals surface area contributed by atoms with E-state index in [0.717, 1.165) is 11.3 Å². The van der Waals surface area contributed by atoms with Gasteiger partial charge >= 0.3 is 5.97 Å². The Morgan fingerprint density at radius 3 is 2.76 bits per heavy atom. The molecule has 8 heteroatoms. The van der Waals surface area contributed by atoms with E-state index in [1.807, 2.05) is 18.4 Å². The molecule has 0 bridgehead atoms. The highest BCUT2D eigenvalue weighted by Gasteiger charge is 2.13. The SMILES string of the molecule is COC(=O)c1ccc(COc2ccc(/C=C(\C#N)c3nc(C)cs3)cc2OC)o1. The molecule has 0 unspecified atom stereocenters. The number of ether oxygens (including phenoxy) is 3. The Kier molecular flexibility index (Phi) is 6.32. The summed E-state index contributed by atoms with van der Waals surface area (Å²) in [5.74, 6) is 1.05. The third-order valence-electron chi connectivity index (χ3n) is 3.89. The van der Waals surface area contributed by atoms with E-state index in [-0.39, 0.29) is 12.4 Å². The van der Waals surface area contributed by atoms with Crippen LogP contribution < -0.4 is 9.47 Å². The molecule has 0 atom stereocenters. The van der Waals surface area contributed by atoms with E-state index in [2.05, 4.69) is 15.8 Å². The molecule has 7 nitrogen and oxygen atoms in total. The van der Waals surface area contributed by atoms with E-state index in [1.165, 1.54) is 31.6 Å². The molecule has 0 spiro atoms. The number of rotatable bonds is 7. The summed E-state index contributed by atoms with van der Waals surface area (Å²) in [5, 5.41) is 12.0. The van der Waals surface area contributed by atoms with E-state index >= 15 is 0 Å². The lowest BCUT2D eigenvalue weighted by Crippen LogP contribution is -1.99. The molecule has 0 saturated carbocycles. The molecule has 1 aromatic carbocycles. The predicted molar refractivity (Wildman–Crippen MR) is 108 cm³/mol. The van der Waals surface area contributed by atoms with Crippen molar-refractivity contribution in [2.45, 2.75) is 13.5 Å². The quantitative estimate of drug-likeness (QED) is 0.418. The van der Waals surface area contributed by atoms with Gasteiger partial charge in [-0.3, -0.25) is 0 Å². The van der Waals surface area contributed by atoms with Gasteiger partial charge in [-0.15, -0.1) is 11.3 Å². The highest BCUT2D eigenvalue weighted by molar-refractivity contribution is 7.11. The first-order chi connectivity index (χ1) is 14.0. The van der Waals surface area contributed by atoms with E-state index in [4.69, 9.17) is 13.9 Å². The molecule has 0 N–H and O–H groups in total. The van der Waals surface area contributed by atoms with E-state index in [1.54, 1.807) is 24.3 Å². The van der Waals surface area contributed by atoms with Crippen LogP contribution in [0.4, 0.5) is 0 Å². The number of carbonyl (C=O) groups is 1. The number of hydrogen-bond donors (Lipinski definition) is 0. The van der Waals surface area contributed by atoms with Gasteiger partial charge in [0, 0.05) is 11.1 Å². The molecule has 3 aromatic rings. The van der Waals surface area contributed by atoms with Gasteiger partial charge in [0.1, 0.15) is 23.4 Å². The van der Waals surface area contributed by atoms with Gasteiger partial charge in [-0.25, -0.2) is 9.78 Å². The molecule has 0 aliphatic heterocycles. The third kappa shape index (κ3) is 4.83. The number of aryl methyl sites for hydroxylation is 1. The highest BCUT2D eigenvalue weighted by Crippen LogP contribution is 2.31. The van der Waals surface area contributed by atoms with Crippen LogP contribution in [0, 0.1) is 18.3 Å². The molecule has 2 heterocycles. The molecule has 0 radical (unpaired) electrons. The number of furan rings is 1. The molecule has 0 saturated heterocycles. The molecule has 29 heavy (non-hydrogen) atoms. The molecular formula is C21H18N2O5S. The van der Waals surface area contributed by atoms with E-state index in [0.29, 0.717) is 27.8 Å². The van der Waals surface area contributed by atoms with Crippen LogP contribution in [0.2, 0.25) is 0 Å². The van der Waals surface area contributed by atoms with Crippen LogP contribution in [0.1, 0.15) is 32.6 Å². The van der Waals surface area contributed by atoms with Crippen molar-refractivity contribution in [3.8, 4) is 17.6 Å². The maximum atomic E-state index is 11.4. The summed E-state index contributed by atoms with van der Waals surface area (Å²) in [7, 11) is 2.82. The lowest BCUT2D eigenvalue weighted by atomic mass is 10.1. The Morgan fingerprint density at radius 2 is 2.10 bits per heavy atom. The van der Waals surface area contributed by atoms with Crippen molar-refractivity contribution in [3.63, 3.8) is 0 Å². The number of nitriles is 1. The van der Waals surface area contributed by atoms with Gasteiger partial charge < -0.3 is 18.6 Å². The van der Waals surface area contributed by atoms with Gasteiger partial charge in [-0.05, 0) is 42.8 Å². The monoisotopic (exact) mass is 410 g/mol. The second-order valence-corrected chi connectivity index (χ2v) is 6.78. The van der Waals surface area contributed by atoms with Crippen LogP contribution in [0.15, 0.2) is 40.1 Å². The average molecular weight is 410 g/mol. The Labute approximate surface area is 171 Å². The molecule has 2 aromatic heterocycles. The first-order valence-electron chi connectivity index (χ1n) is 8.56. The Bertz CT molecular complexity index is 1090. The molecule has 3 rings (SSSR count). The van der Waals surface area contributed by atoms with Crippen LogP contribution in [0.5, 0.6) is 11.5 Å². The standard InChI is InChI=1S/C21H18N2O5S/c1-13-12-29-20(23-13)15(10-22)8-14-4-6-17(19(9-14)25-2)27-11-16-5-7-18(28-16)21(24)26-3/h4-9,12H,11H2,1-3H3/b15-8+. The van der Waals surface area contributed by atoms with Gasteiger partial charge in [-0.1, -0.05) is 6.07 Å². The fourth-order valence-electron chi connectivity index (χ4n) is 2.49. The Morgan fingerprint density at radius 1 is 1.28 bits per heavy atom. The van der Waals surface area contributed by atoms with Gasteiger partial charge in [0.25, 0.3) is 0 Å². The van der Waals surface area contributed by atoms with Crippen molar-refractivity contribution in [2.75, 3.05) is 14.2 Å². The Balaban J connectivity index is 1.76. The molecule has 0 amide bonds. The van der Waals surface area contributed by atoms with Crippen molar-refractivity contribution in [3.05, 3.63) is 63.5 Å². The van der Waals surface area contributed by atoms with Crippen LogP contribution in [0.3, 0.4) is 0 Å². The summed E-state index contributed by atoms with van der Waals surface area (Å²) in [5.41, 5.74) is 2.13. The second-order valence-electron chi connectivity index (χ2n) is 5.92. The van der Waals surface area contributed by atoms with Crippen LogP contribution >= 0.6 is 11.3 Å². The molecule has 148 valence electrons. The minimum absolute atomic E-state index is 0.111. The third-order valence-corrected chi connectivity index (χ3v) is 4.88. The fraction of sp³-hybridized carbons (Fsp3) is 0.190. The van der Waals surface area contributed by atoms with Crippen LogP contribution in [-0.4, -0.2) is 25.2 Å². The number of thiazole rings is 1. The molecular weight excluding hydrogens is 392 g/mol. The average Bonchev–Trinajstić information content (AvgIpc) is 3.39. The highest BCUT2D eigenvalue weighted by atomic mass is 32.1.